The van der Waals surface area contributed by atoms with Gasteiger partial charge < -0.3 is 4.74 Å². The Hall–Kier alpha value is -3.01. The number of morpholine rings is 1. The Balaban J connectivity index is 1.62. The van der Waals surface area contributed by atoms with Crippen LogP contribution in [-0.2, 0) is 19.6 Å². The van der Waals surface area contributed by atoms with Gasteiger partial charge in [-0.25, -0.2) is 8.42 Å². The Morgan fingerprint density at radius 2 is 1.69 bits per heavy atom. The lowest BCUT2D eigenvalue weighted by atomic mass is 10.2. The van der Waals surface area contributed by atoms with Crippen molar-refractivity contribution in [3.8, 4) is 0 Å². The number of nitrogens with zero attached hydrogens (tertiary/aromatic N) is 1. The minimum absolute atomic E-state index is 0.0161. The van der Waals surface area contributed by atoms with E-state index in [4.69, 9.17) is 4.74 Å². The SMILES string of the molecule is O=C(/C=C/c1ccccc1)NNC(=O)c1cccc(S(=O)(=O)N2CCOCC2)c1. The van der Waals surface area contributed by atoms with E-state index in [1.165, 1.54) is 34.6 Å². The van der Waals surface area contributed by atoms with Crippen molar-refractivity contribution >= 4 is 27.9 Å². The maximum absolute atomic E-state index is 12.7. The van der Waals surface area contributed by atoms with Gasteiger partial charge in [-0.05, 0) is 29.8 Å². The second-order valence-corrected chi connectivity index (χ2v) is 8.17. The lowest BCUT2D eigenvalue weighted by Crippen LogP contribution is -2.41. The average Bonchev–Trinajstić information content (AvgIpc) is 2.77. The Morgan fingerprint density at radius 3 is 2.41 bits per heavy atom. The van der Waals surface area contributed by atoms with Crippen LogP contribution in [0.2, 0.25) is 0 Å². The molecule has 2 aromatic rings. The van der Waals surface area contributed by atoms with Crippen LogP contribution in [0.5, 0.6) is 0 Å². The molecule has 0 bridgehead atoms. The molecule has 1 fully saturated rings. The number of hydrazine groups is 1. The van der Waals surface area contributed by atoms with E-state index in [-0.39, 0.29) is 23.5 Å². The van der Waals surface area contributed by atoms with E-state index < -0.39 is 21.8 Å². The first-order valence-electron chi connectivity index (χ1n) is 8.98. The van der Waals surface area contributed by atoms with Crippen molar-refractivity contribution in [2.45, 2.75) is 4.90 Å². The fraction of sp³-hybridized carbons (Fsp3) is 0.200. The second kappa shape index (κ2) is 9.46. The van der Waals surface area contributed by atoms with Crippen molar-refractivity contribution < 1.29 is 22.7 Å². The first-order valence-corrected chi connectivity index (χ1v) is 10.4. The molecule has 0 atom stereocenters. The highest BCUT2D eigenvalue weighted by Gasteiger charge is 2.26. The van der Waals surface area contributed by atoms with Crippen LogP contribution in [-0.4, -0.2) is 50.8 Å². The molecule has 3 rings (SSSR count). The first-order chi connectivity index (χ1) is 14.0. The molecule has 29 heavy (non-hydrogen) atoms. The fourth-order valence-corrected chi connectivity index (χ4v) is 4.16. The molecule has 0 unspecified atom stereocenters. The van der Waals surface area contributed by atoms with Crippen LogP contribution in [0.4, 0.5) is 0 Å². The van der Waals surface area contributed by atoms with E-state index in [1.807, 2.05) is 30.3 Å². The number of benzene rings is 2. The molecule has 0 radical (unpaired) electrons. The first kappa shape index (κ1) is 20.7. The Labute approximate surface area is 169 Å². The van der Waals surface area contributed by atoms with Crippen molar-refractivity contribution in [2.24, 2.45) is 0 Å². The summed E-state index contributed by atoms with van der Waals surface area (Å²) in [6.45, 7) is 1.20. The summed E-state index contributed by atoms with van der Waals surface area (Å²) < 4.78 is 31.9. The number of nitrogens with one attached hydrogen (secondary N) is 2. The number of amides is 2. The van der Waals surface area contributed by atoms with Crippen molar-refractivity contribution in [3.63, 3.8) is 0 Å². The molecule has 2 amide bonds. The molecule has 1 heterocycles. The van der Waals surface area contributed by atoms with Crippen molar-refractivity contribution in [2.75, 3.05) is 26.3 Å². The molecule has 2 N–H and O–H groups in total. The monoisotopic (exact) mass is 415 g/mol. The molecule has 152 valence electrons. The lowest BCUT2D eigenvalue weighted by molar-refractivity contribution is -0.117. The Bertz CT molecular complexity index is 1000. The molecular weight excluding hydrogens is 394 g/mol. The summed E-state index contributed by atoms with van der Waals surface area (Å²) in [6, 6.07) is 14.9. The van der Waals surface area contributed by atoms with Crippen LogP contribution in [0.1, 0.15) is 15.9 Å². The number of carbonyl (C=O) groups is 2. The zero-order valence-corrected chi connectivity index (χ0v) is 16.4. The predicted molar refractivity (Wildman–Crippen MR) is 107 cm³/mol. The molecule has 0 saturated carbocycles. The van der Waals surface area contributed by atoms with Crippen molar-refractivity contribution in [3.05, 3.63) is 71.8 Å². The maximum atomic E-state index is 12.7. The third-order valence-electron chi connectivity index (χ3n) is 4.23. The average molecular weight is 415 g/mol. The van der Waals surface area contributed by atoms with Crippen LogP contribution in [0.15, 0.2) is 65.6 Å². The molecular formula is C20H21N3O5S. The van der Waals surface area contributed by atoms with Gasteiger partial charge in [-0.2, -0.15) is 4.31 Å². The zero-order valence-electron chi connectivity index (χ0n) is 15.6. The van der Waals surface area contributed by atoms with E-state index in [0.29, 0.717) is 13.2 Å². The van der Waals surface area contributed by atoms with Gasteiger partial charge in [0.1, 0.15) is 0 Å². The zero-order chi connectivity index (χ0) is 20.7. The molecule has 1 saturated heterocycles. The third-order valence-corrected chi connectivity index (χ3v) is 6.12. The quantitative estimate of drug-likeness (QED) is 0.564. The van der Waals surface area contributed by atoms with Gasteiger partial charge in [0, 0.05) is 24.7 Å². The molecule has 1 aliphatic heterocycles. The largest absolute Gasteiger partial charge is 0.379 e. The molecule has 2 aromatic carbocycles. The summed E-state index contributed by atoms with van der Waals surface area (Å²) in [6.07, 6.45) is 2.89. The molecule has 0 aromatic heterocycles. The van der Waals surface area contributed by atoms with Gasteiger partial charge >= 0.3 is 0 Å². The van der Waals surface area contributed by atoms with Gasteiger partial charge in [-0.1, -0.05) is 36.4 Å². The second-order valence-electron chi connectivity index (χ2n) is 6.23. The summed E-state index contributed by atoms with van der Waals surface area (Å²) in [5, 5.41) is 0. The number of ether oxygens (including phenoxy) is 1. The van der Waals surface area contributed by atoms with Crippen molar-refractivity contribution in [1.82, 2.24) is 15.2 Å². The molecule has 1 aliphatic rings. The highest BCUT2D eigenvalue weighted by molar-refractivity contribution is 7.89. The molecule has 0 spiro atoms. The normalized spacial score (nSPS) is 15.2. The predicted octanol–water partition coefficient (Wildman–Crippen LogP) is 1.18. The summed E-state index contributed by atoms with van der Waals surface area (Å²) in [5.74, 6) is -1.13. The van der Waals surface area contributed by atoms with Gasteiger partial charge in [0.15, 0.2) is 0 Å². The van der Waals surface area contributed by atoms with E-state index in [1.54, 1.807) is 6.08 Å². The van der Waals surface area contributed by atoms with E-state index in [9.17, 15) is 18.0 Å². The highest BCUT2D eigenvalue weighted by Crippen LogP contribution is 2.18. The van der Waals surface area contributed by atoms with E-state index >= 15 is 0 Å². The topological polar surface area (TPSA) is 105 Å². The Kier molecular flexibility index (Phi) is 6.76. The van der Waals surface area contributed by atoms with Gasteiger partial charge in [-0.15, -0.1) is 0 Å². The van der Waals surface area contributed by atoms with Crippen LogP contribution < -0.4 is 10.9 Å². The number of carbonyl (C=O) groups excluding carboxylic acids is 2. The lowest BCUT2D eigenvalue weighted by Gasteiger charge is -2.26. The number of hydrogen-bond donors (Lipinski definition) is 2. The minimum Gasteiger partial charge on any atom is -0.379 e. The summed E-state index contributed by atoms with van der Waals surface area (Å²) in [4.78, 5) is 24.2. The van der Waals surface area contributed by atoms with Crippen LogP contribution in [0.25, 0.3) is 6.08 Å². The standard InChI is InChI=1S/C20H21N3O5S/c24-19(10-9-16-5-2-1-3-6-16)21-22-20(25)17-7-4-8-18(15-17)29(26,27)23-11-13-28-14-12-23/h1-10,15H,11-14H2,(H,21,24)(H,22,25)/b10-9+. The Morgan fingerprint density at radius 1 is 0.966 bits per heavy atom. The number of sulfonamides is 1. The minimum atomic E-state index is -3.71. The van der Waals surface area contributed by atoms with Crippen molar-refractivity contribution in [1.29, 1.82) is 0 Å². The van der Waals surface area contributed by atoms with Gasteiger partial charge in [0.05, 0.1) is 18.1 Å². The van der Waals surface area contributed by atoms with E-state index in [0.717, 1.165) is 5.56 Å². The summed E-state index contributed by atoms with van der Waals surface area (Å²) >= 11 is 0. The van der Waals surface area contributed by atoms with E-state index in [2.05, 4.69) is 10.9 Å². The molecule has 8 nitrogen and oxygen atoms in total. The van der Waals surface area contributed by atoms with Crippen LogP contribution in [0, 0.1) is 0 Å². The van der Waals surface area contributed by atoms with Gasteiger partial charge in [0.25, 0.3) is 11.8 Å². The molecule has 0 aliphatic carbocycles. The summed E-state index contributed by atoms with van der Waals surface area (Å²) in [7, 11) is -3.71. The smallest absolute Gasteiger partial charge is 0.269 e. The number of rotatable bonds is 5. The van der Waals surface area contributed by atoms with Crippen LogP contribution in [0.3, 0.4) is 0 Å². The fourth-order valence-electron chi connectivity index (χ4n) is 2.70. The number of hydrogen-bond acceptors (Lipinski definition) is 5. The summed E-state index contributed by atoms with van der Waals surface area (Å²) in [5.41, 5.74) is 5.51. The third kappa shape index (κ3) is 5.50. The highest BCUT2D eigenvalue weighted by atomic mass is 32.2. The maximum Gasteiger partial charge on any atom is 0.269 e. The van der Waals surface area contributed by atoms with Gasteiger partial charge in [-0.3, -0.25) is 20.4 Å². The van der Waals surface area contributed by atoms with Gasteiger partial charge in [0.2, 0.25) is 10.0 Å². The van der Waals surface area contributed by atoms with Crippen LogP contribution >= 0.6 is 0 Å². The molecule has 9 heteroatoms.